The van der Waals surface area contributed by atoms with E-state index in [1.807, 2.05) is 12.3 Å². The summed E-state index contributed by atoms with van der Waals surface area (Å²) in [6, 6.07) is 0.134. The van der Waals surface area contributed by atoms with E-state index >= 15 is 0 Å². The predicted molar refractivity (Wildman–Crippen MR) is 70.2 cm³/mol. The Morgan fingerprint density at radius 2 is 2.41 bits per heavy atom. The number of rotatable bonds is 4. The lowest BCUT2D eigenvalue weighted by molar-refractivity contribution is 0.483. The van der Waals surface area contributed by atoms with E-state index in [-0.39, 0.29) is 6.04 Å². The Morgan fingerprint density at radius 3 is 3.06 bits per heavy atom. The van der Waals surface area contributed by atoms with Crippen molar-refractivity contribution in [1.29, 1.82) is 0 Å². The highest BCUT2D eigenvalue weighted by Gasteiger charge is 2.23. The maximum absolute atomic E-state index is 11.4. The van der Waals surface area contributed by atoms with Gasteiger partial charge in [-0.15, -0.1) is 11.3 Å². The van der Waals surface area contributed by atoms with E-state index in [0.717, 1.165) is 36.5 Å². The fraction of sp³-hybridized carbons (Fsp3) is 0.727. The topological polar surface area (TPSA) is 59.1 Å². The first-order valence-corrected chi connectivity index (χ1v) is 8.60. The number of hydrogen-bond donors (Lipinski definition) is 1. The molecular formula is C11H18N2O2S2. The van der Waals surface area contributed by atoms with Gasteiger partial charge < -0.3 is 5.32 Å². The van der Waals surface area contributed by atoms with Gasteiger partial charge in [0.2, 0.25) is 0 Å². The Morgan fingerprint density at radius 1 is 1.59 bits per heavy atom. The van der Waals surface area contributed by atoms with E-state index < -0.39 is 9.84 Å². The van der Waals surface area contributed by atoms with Gasteiger partial charge in [0.1, 0.15) is 0 Å². The first-order valence-electron chi connectivity index (χ1n) is 5.90. The smallest absolute Gasteiger partial charge is 0.151 e. The van der Waals surface area contributed by atoms with Crippen LogP contribution < -0.4 is 5.32 Å². The molecule has 0 spiro atoms. The fourth-order valence-electron chi connectivity index (χ4n) is 2.08. The minimum Gasteiger partial charge on any atom is -0.313 e. The van der Waals surface area contributed by atoms with Crippen molar-refractivity contribution in [1.82, 2.24) is 10.3 Å². The zero-order valence-corrected chi connectivity index (χ0v) is 11.6. The molecule has 0 radical (unpaired) electrons. The number of aryl methyl sites for hydroxylation is 1. The van der Waals surface area contributed by atoms with Crippen LogP contribution in [0.15, 0.2) is 5.38 Å². The van der Waals surface area contributed by atoms with Crippen molar-refractivity contribution in [3.05, 3.63) is 16.1 Å². The molecule has 1 saturated heterocycles. The molecule has 0 bridgehead atoms. The van der Waals surface area contributed by atoms with Crippen LogP contribution in [0.4, 0.5) is 0 Å². The SMILES string of the molecule is Cc1csc(CCNC2CCCS(=O)(=O)C2)n1. The molecule has 1 atom stereocenters. The zero-order valence-electron chi connectivity index (χ0n) is 9.98. The van der Waals surface area contributed by atoms with Crippen molar-refractivity contribution >= 4 is 21.2 Å². The molecular weight excluding hydrogens is 256 g/mol. The molecule has 0 aliphatic carbocycles. The molecule has 6 heteroatoms. The summed E-state index contributed by atoms with van der Waals surface area (Å²) in [7, 11) is -2.80. The minimum absolute atomic E-state index is 0.134. The summed E-state index contributed by atoms with van der Waals surface area (Å²) in [5.41, 5.74) is 1.06. The number of sulfone groups is 1. The van der Waals surface area contributed by atoms with Crippen molar-refractivity contribution in [3.8, 4) is 0 Å². The van der Waals surface area contributed by atoms with Crippen LogP contribution in [0, 0.1) is 6.92 Å². The van der Waals surface area contributed by atoms with Gasteiger partial charge in [0, 0.05) is 30.1 Å². The van der Waals surface area contributed by atoms with E-state index in [0.29, 0.717) is 11.5 Å². The van der Waals surface area contributed by atoms with Crippen LogP contribution in [0.1, 0.15) is 23.5 Å². The molecule has 17 heavy (non-hydrogen) atoms. The highest BCUT2D eigenvalue weighted by Crippen LogP contribution is 2.13. The second kappa shape index (κ2) is 5.46. The van der Waals surface area contributed by atoms with Gasteiger partial charge in [-0.25, -0.2) is 13.4 Å². The molecule has 1 fully saturated rings. The summed E-state index contributed by atoms with van der Waals surface area (Å²) >= 11 is 1.67. The third-order valence-electron chi connectivity index (χ3n) is 2.90. The van der Waals surface area contributed by atoms with E-state index in [9.17, 15) is 8.42 Å². The summed E-state index contributed by atoms with van der Waals surface area (Å²) in [4.78, 5) is 4.38. The average molecular weight is 274 g/mol. The minimum atomic E-state index is -2.80. The fourth-order valence-corrected chi connectivity index (χ4v) is 4.53. The van der Waals surface area contributed by atoms with Crippen LogP contribution in [0.5, 0.6) is 0 Å². The van der Waals surface area contributed by atoms with E-state index in [1.54, 1.807) is 11.3 Å². The molecule has 1 aromatic rings. The molecule has 0 amide bonds. The monoisotopic (exact) mass is 274 g/mol. The molecule has 1 N–H and O–H groups in total. The summed E-state index contributed by atoms with van der Waals surface area (Å²) < 4.78 is 22.9. The number of hydrogen-bond acceptors (Lipinski definition) is 5. The second-order valence-corrected chi connectivity index (χ2v) is 7.71. The summed E-state index contributed by atoms with van der Waals surface area (Å²) in [6.45, 7) is 2.80. The van der Waals surface area contributed by atoms with Crippen molar-refractivity contribution in [2.75, 3.05) is 18.1 Å². The Bertz CT molecular complexity index is 468. The molecule has 2 rings (SSSR count). The molecule has 2 heterocycles. The highest BCUT2D eigenvalue weighted by molar-refractivity contribution is 7.91. The summed E-state index contributed by atoms with van der Waals surface area (Å²) in [6.07, 6.45) is 2.64. The number of nitrogens with zero attached hydrogens (tertiary/aromatic N) is 1. The largest absolute Gasteiger partial charge is 0.313 e. The van der Waals surface area contributed by atoms with Crippen LogP contribution in [0.2, 0.25) is 0 Å². The molecule has 4 nitrogen and oxygen atoms in total. The van der Waals surface area contributed by atoms with Gasteiger partial charge in [0.15, 0.2) is 9.84 Å². The number of aromatic nitrogens is 1. The first-order chi connectivity index (χ1) is 8.05. The maximum atomic E-state index is 11.4. The Balaban J connectivity index is 1.75. The third kappa shape index (κ3) is 4.04. The van der Waals surface area contributed by atoms with Crippen LogP contribution in [-0.4, -0.2) is 37.5 Å². The Labute approximate surface area is 106 Å². The van der Waals surface area contributed by atoms with Crippen molar-refractivity contribution in [2.24, 2.45) is 0 Å². The van der Waals surface area contributed by atoms with Gasteiger partial charge >= 0.3 is 0 Å². The normalized spacial score (nSPS) is 23.7. The molecule has 0 aromatic carbocycles. The lowest BCUT2D eigenvalue weighted by Gasteiger charge is -2.22. The van der Waals surface area contributed by atoms with Crippen molar-refractivity contribution < 1.29 is 8.42 Å². The third-order valence-corrected chi connectivity index (χ3v) is 5.75. The van der Waals surface area contributed by atoms with Crippen molar-refractivity contribution in [2.45, 2.75) is 32.2 Å². The van der Waals surface area contributed by atoms with Crippen LogP contribution in [0.3, 0.4) is 0 Å². The van der Waals surface area contributed by atoms with Crippen LogP contribution >= 0.6 is 11.3 Å². The molecule has 1 aromatic heterocycles. The Hall–Kier alpha value is -0.460. The lowest BCUT2D eigenvalue weighted by Crippen LogP contribution is -2.40. The molecule has 1 aliphatic rings. The van der Waals surface area contributed by atoms with Crippen LogP contribution in [-0.2, 0) is 16.3 Å². The van der Waals surface area contributed by atoms with Gasteiger partial charge in [-0.1, -0.05) is 0 Å². The maximum Gasteiger partial charge on any atom is 0.151 e. The van der Waals surface area contributed by atoms with Crippen molar-refractivity contribution in [3.63, 3.8) is 0 Å². The molecule has 96 valence electrons. The number of nitrogens with one attached hydrogen (secondary N) is 1. The van der Waals surface area contributed by atoms with E-state index in [4.69, 9.17) is 0 Å². The Kier molecular flexibility index (Phi) is 4.17. The van der Waals surface area contributed by atoms with Gasteiger partial charge in [-0.05, 0) is 19.8 Å². The van der Waals surface area contributed by atoms with E-state index in [1.165, 1.54) is 0 Å². The summed E-state index contributed by atoms with van der Waals surface area (Å²) in [5.74, 6) is 0.654. The van der Waals surface area contributed by atoms with Crippen LogP contribution in [0.25, 0.3) is 0 Å². The van der Waals surface area contributed by atoms with Gasteiger partial charge in [0.25, 0.3) is 0 Å². The lowest BCUT2D eigenvalue weighted by atomic mass is 10.2. The summed E-state index contributed by atoms with van der Waals surface area (Å²) in [5, 5.41) is 6.48. The predicted octanol–water partition coefficient (Wildman–Crippen LogP) is 1.16. The average Bonchev–Trinajstić information content (AvgIpc) is 2.63. The quantitative estimate of drug-likeness (QED) is 0.895. The number of thiazole rings is 1. The van der Waals surface area contributed by atoms with Gasteiger partial charge in [-0.2, -0.15) is 0 Å². The van der Waals surface area contributed by atoms with E-state index in [2.05, 4.69) is 10.3 Å². The second-order valence-electron chi connectivity index (χ2n) is 4.54. The highest BCUT2D eigenvalue weighted by atomic mass is 32.2. The first kappa shape index (κ1) is 13.0. The van der Waals surface area contributed by atoms with Gasteiger partial charge in [0.05, 0.1) is 16.5 Å². The standard InChI is InChI=1S/C11H18N2O2S2/c1-9-7-16-11(13-9)4-5-12-10-3-2-6-17(14,15)8-10/h7,10,12H,2-6,8H2,1H3. The molecule has 1 aliphatic heterocycles. The zero-order chi connectivity index (χ0) is 12.3. The molecule has 0 saturated carbocycles. The van der Waals surface area contributed by atoms with Gasteiger partial charge in [-0.3, -0.25) is 0 Å². The molecule has 1 unspecified atom stereocenters.